The Morgan fingerprint density at radius 1 is 1.38 bits per heavy atom. The van der Waals surface area contributed by atoms with Gasteiger partial charge >= 0.3 is 5.69 Å². The number of rotatable bonds is 7. The molecule has 9 nitrogen and oxygen atoms in total. The van der Waals surface area contributed by atoms with Crippen LogP contribution in [0.2, 0.25) is 0 Å². The van der Waals surface area contributed by atoms with Crippen molar-refractivity contribution in [1.29, 1.82) is 0 Å². The number of nitro benzene ring substituents is 1. The number of carbonyl (C=O) groups excluding carboxylic acids is 2. The number of benzene rings is 1. The van der Waals surface area contributed by atoms with Gasteiger partial charge in [0.2, 0.25) is 0 Å². The van der Waals surface area contributed by atoms with Crippen LogP contribution in [-0.4, -0.2) is 30.5 Å². The van der Waals surface area contributed by atoms with E-state index < -0.39 is 23.3 Å². The molecular formula is C14H13N3O6S. The second-order valence-corrected chi connectivity index (χ2v) is 5.37. The smallest absolute Gasteiger partial charge is 0.314 e. The highest BCUT2D eigenvalue weighted by atomic mass is 32.1. The normalized spacial score (nSPS) is 10.0. The van der Waals surface area contributed by atoms with Gasteiger partial charge in [-0.2, -0.15) is 0 Å². The van der Waals surface area contributed by atoms with Crippen molar-refractivity contribution in [3.8, 4) is 11.5 Å². The lowest BCUT2D eigenvalue weighted by atomic mass is 10.3. The highest BCUT2D eigenvalue weighted by Gasteiger charge is 2.18. The SMILES string of the molecule is COc1ccc(OCC(=O)Nc2sccc2C(N)=O)c([N+](=O)[O-])c1. The van der Waals surface area contributed by atoms with E-state index >= 15 is 0 Å². The quantitative estimate of drug-likeness (QED) is 0.577. The summed E-state index contributed by atoms with van der Waals surface area (Å²) in [5.41, 5.74) is 5.04. The number of nitrogens with one attached hydrogen (secondary N) is 1. The minimum absolute atomic E-state index is 0.0720. The number of anilines is 1. The second kappa shape index (κ2) is 7.42. The summed E-state index contributed by atoms with van der Waals surface area (Å²) in [4.78, 5) is 33.5. The molecule has 0 radical (unpaired) electrons. The second-order valence-electron chi connectivity index (χ2n) is 4.46. The summed E-state index contributed by atoms with van der Waals surface area (Å²) in [6, 6.07) is 5.49. The van der Waals surface area contributed by atoms with Gasteiger partial charge in [-0.1, -0.05) is 0 Å². The van der Waals surface area contributed by atoms with Crippen LogP contribution >= 0.6 is 11.3 Å². The number of nitrogens with two attached hydrogens (primary N) is 1. The van der Waals surface area contributed by atoms with E-state index in [9.17, 15) is 19.7 Å². The minimum atomic E-state index is -0.668. The summed E-state index contributed by atoms with van der Waals surface area (Å²) >= 11 is 1.13. The fourth-order valence-corrected chi connectivity index (χ4v) is 2.60. The van der Waals surface area contributed by atoms with E-state index in [1.165, 1.54) is 31.4 Å². The predicted molar refractivity (Wildman–Crippen MR) is 86.6 cm³/mol. The van der Waals surface area contributed by atoms with Gasteiger partial charge in [-0.25, -0.2) is 0 Å². The Morgan fingerprint density at radius 3 is 2.75 bits per heavy atom. The predicted octanol–water partition coefficient (Wildman–Crippen LogP) is 1.78. The molecule has 0 fully saturated rings. The van der Waals surface area contributed by atoms with E-state index in [-0.39, 0.29) is 17.0 Å². The van der Waals surface area contributed by atoms with Crippen LogP contribution in [0.15, 0.2) is 29.6 Å². The number of primary amides is 1. The highest BCUT2D eigenvalue weighted by Crippen LogP contribution is 2.31. The van der Waals surface area contributed by atoms with Gasteiger partial charge in [0.15, 0.2) is 12.4 Å². The molecule has 1 aromatic carbocycles. The van der Waals surface area contributed by atoms with Crippen molar-refractivity contribution in [1.82, 2.24) is 0 Å². The van der Waals surface area contributed by atoms with E-state index in [4.69, 9.17) is 15.2 Å². The summed E-state index contributed by atoms with van der Waals surface area (Å²) in [6.45, 7) is -0.469. The van der Waals surface area contributed by atoms with Gasteiger partial charge in [0.05, 0.1) is 23.7 Å². The fraction of sp³-hybridized carbons (Fsp3) is 0.143. The monoisotopic (exact) mass is 351 g/mol. The van der Waals surface area contributed by atoms with E-state index in [2.05, 4.69) is 5.32 Å². The molecule has 0 bridgehead atoms. The minimum Gasteiger partial charge on any atom is -0.496 e. The molecule has 0 saturated carbocycles. The van der Waals surface area contributed by atoms with E-state index in [0.29, 0.717) is 10.8 Å². The molecule has 0 unspecified atom stereocenters. The first-order valence-corrected chi connectivity index (χ1v) is 7.42. The zero-order valence-corrected chi connectivity index (χ0v) is 13.3. The van der Waals surface area contributed by atoms with Crippen LogP contribution in [-0.2, 0) is 4.79 Å². The first kappa shape index (κ1) is 17.2. The van der Waals surface area contributed by atoms with Crippen molar-refractivity contribution in [3.05, 3.63) is 45.3 Å². The van der Waals surface area contributed by atoms with Crippen LogP contribution in [0.5, 0.6) is 11.5 Å². The summed E-state index contributed by atoms with van der Waals surface area (Å²) in [5.74, 6) is -1.02. The maximum Gasteiger partial charge on any atom is 0.314 e. The third-order valence-corrected chi connectivity index (χ3v) is 3.74. The number of nitro groups is 1. The molecule has 1 heterocycles. The summed E-state index contributed by atoms with van der Waals surface area (Å²) in [5, 5.41) is 15.4. The zero-order valence-electron chi connectivity index (χ0n) is 12.5. The van der Waals surface area contributed by atoms with Gasteiger partial charge < -0.3 is 20.5 Å². The molecule has 24 heavy (non-hydrogen) atoms. The Balaban J connectivity index is 2.05. The lowest BCUT2D eigenvalue weighted by Crippen LogP contribution is -2.22. The maximum atomic E-state index is 11.9. The molecule has 2 aromatic rings. The number of carbonyl (C=O) groups is 2. The summed E-state index contributed by atoms with van der Waals surface area (Å²) in [6.07, 6.45) is 0. The molecule has 2 rings (SSSR count). The fourth-order valence-electron chi connectivity index (χ4n) is 1.80. The van der Waals surface area contributed by atoms with Gasteiger partial charge in [-0.05, 0) is 23.6 Å². The number of methoxy groups -OCH3 is 1. The molecule has 0 aliphatic carbocycles. The Bertz CT molecular complexity index is 789. The molecule has 126 valence electrons. The number of ether oxygens (including phenoxy) is 2. The number of thiophene rings is 1. The molecule has 0 aliphatic rings. The molecule has 1 aromatic heterocycles. The standard InChI is InChI=1S/C14H13N3O6S/c1-22-8-2-3-11(10(6-8)17(20)21)23-7-12(18)16-14-9(13(15)19)4-5-24-14/h2-6H,7H2,1H3,(H2,15,19)(H,16,18). The maximum absolute atomic E-state index is 11.9. The summed E-state index contributed by atoms with van der Waals surface area (Å²) < 4.78 is 10.1. The molecule has 0 spiro atoms. The van der Waals surface area contributed by atoms with Gasteiger partial charge in [0, 0.05) is 0 Å². The van der Waals surface area contributed by atoms with Crippen LogP contribution in [0.25, 0.3) is 0 Å². The van der Waals surface area contributed by atoms with Crippen LogP contribution in [0, 0.1) is 10.1 Å². The van der Waals surface area contributed by atoms with Crippen molar-refractivity contribution in [2.24, 2.45) is 5.73 Å². The lowest BCUT2D eigenvalue weighted by Gasteiger charge is -2.08. The van der Waals surface area contributed by atoms with Crippen LogP contribution < -0.4 is 20.5 Å². The van der Waals surface area contributed by atoms with E-state index in [1.807, 2.05) is 0 Å². The van der Waals surface area contributed by atoms with Gasteiger partial charge in [-0.3, -0.25) is 19.7 Å². The first-order valence-electron chi connectivity index (χ1n) is 6.54. The third-order valence-electron chi connectivity index (χ3n) is 2.91. The average Bonchev–Trinajstić information content (AvgIpc) is 3.01. The third kappa shape index (κ3) is 3.98. The Hall–Kier alpha value is -3.14. The topological polar surface area (TPSA) is 134 Å². The van der Waals surface area contributed by atoms with Gasteiger partial charge in [-0.15, -0.1) is 11.3 Å². The van der Waals surface area contributed by atoms with Crippen LogP contribution in [0.1, 0.15) is 10.4 Å². The first-order chi connectivity index (χ1) is 11.4. The van der Waals surface area contributed by atoms with Crippen molar-refractivity contribution in [2.45, 2.75) is 0 Å². The number of hydrogen-bond donors (Lipinski definition) is 2. The van der Waals surface area contributed by atoms with Crippen molar-refractivity contribution in [2.75, 3.05) is 19.0 Å². The van der Waals surface area contributed by atoms with Crippen molar-refractivity contribution < 1.29 is 24.0 Å². The number of hydrogen-bond acceptors (Lipinski definition) is 7. The highest BCUT2D eigenvalue weighted by molar-refractivity contribution is 7.14. The number of nitrogens with zero attached hydrogens (tertiary/aromatic N) is 1. The Morgan fingerprint density at radius 2 is 2.12 bits per heavy atom. The van der Waals surface area contributed by atoms with Crippen LogP contribution in [0.3, 0.4) is 0 Å². The Kier molecular flexibility index (Phi) is 5.32. The van der Waals surface area contributed by atoms with Gasteiger partial charge in [0.25, 0.3) is 11.8 Å². The molecule has 0 aliphatic heterocycles. The van der Waals surface area contributed by atoms with Gasteiger partial charge in [0.1, 0.15) is 10.8 Å². The van der Waals surface area contributed by atoms with Crippen LogP contribution in [0.4, 0.5) is 10.7 Å². The van der Waals surface area contributed by atoms with Crippen molar-refractivity contribution >= 4 is 33.8 Å². The lowest BCUT2D eigenvalue weighted by molar-refractivity contribution is -0.385. The largest absolute Gasteiger partial charge is 0.496 e. The average molecular weight is 351 g/mol. The van der Waals surface area contributed by atoms with E-state index in [1.54, 1.807) is 5.38 Å². The molecular weight excluding hydrogens is 338 g/mol. The van der Waals surface area contributed by atoms with Crippen molar-refractivity contribution in [3.63, 3.8) is 0 Å². The molecule has 2 amide bonds. The molecule has 0 saturated heterocycles. The Labute approximate surface area is 140 Å². The summed E-state index contributed by atoms with van der Waals surface area (Å²) in [7, 11) is 1.38. The van der Waals surface area contributed by atoms with E-state index in [0.717, 1.165) is 11.3 Å². The molecule has 10 heteroatoms. The molecule has 0 atom stereocenters. The number of amides is 2. The molecule has 3 N–H and O–H groups in total. The zero-order chi connectivity index (χ0) is 17.7.